The van der Waals surface area contributed by atoms with E-state index in [4.69, 9.17) is 0 Å². The van der Waals surface area contributed by atoms with Crippen molar-refractivity contribution in [1.82, 2.24) is 15.3 Å². The quantitative estimate of drug-likeness (QED) is 0.770. The minimum Gasteiger partial charge on any atom is -0.344 e. The van der Waals surface area contributed by atoms with Gasteiger partial charge in [-0.05, 0) is 49.7 Å². The van der Waals surface area contributed by atoms with Gasteiger partial charge in [-0.2, -0.15) is 0 Å². The van der Waals surface area contributed by atoms with E-state index in [1.165, 1.54) is 0 Å². The van der Waals surface area contributed by atoms with Gasteiger partial charge in [0.15, 0.2) is 0 Å². The summed E-state index contributed by atoms with van der Waals surface area (Å²) in [7, 11) is 0. The van der Waals surface area contributed by atoms with Crippen LogP contribution in [0.25, 0.3) is 11.3 Å². The lowest BCUT2D eigenvalue weighted by molar-refractivity contribution is 0.0937. The fourth-order valence-corrected chi connectivity index (χ4v) is 2.61. The van der Waals surface area contributed by atoms with Crippen LogP contribution < -0.4 is 10.9 Å². The lowest BCUT2D eigenvalue weighted by Gasteiger charge is -2.13. The molecule has 126 valence electrons. The molecule has 1 amide bonds. The van der Waals surface area contributed by atoms with Gasteiger partial charge in [0.05, 0.1) is 11.7 Å². The van der Waals surface area contributed by atoms with Crippen molar-refractivity contribution in [2.75, 3.05) is 0 Å². The number of rotatable bonds is 4. The average Bonchev–Trinajstić information content (AvgIpc) is 2.62. The third-order valence-corrected chi connectivity index (χ3v) is 3.96. The zero-order valence-electron chi connectivity index (χ0n) is 14.1. The molecule has 0 aliphatic heterocycles. The monoisotopic (exact) mass is 333 g/mol. The Morgan fingerprint density at radius 2 is 1.96 bits per heavy atom. The molecule has 1 atom stereocenters. The van der Waals surface area contributed by atoms with Gasteiger partial charge < -0.3 is 10.3 Å². The highest BCUT2D eigenvalue weighted by atomic mass is 16.2. The van der Waals surface area contributed by atoms with E-state index in [0.29, 0.717) is 5.69 Å². The summed E-state index contributed by atoms with van der Waals surface area (Å²) in [6.45, 7) is 3.82. The van der Waals surface area contributed by atoms with Gasteiger partial charge in [0.1, 0.15) is 5.56 Å². The number of hydrogen-bond donors (Lipinski definition) is 2. The van der Waals surface area contributed by atoms with E-state index in [2.05, 4.69) is 15.3 Å². The molecular weight excluding hydrogens is 314 g/mol. The molecule has 0 spiro atoms. The highest BCUT2D eigenvalue weighted by Gasteiger charge is 2.15. The number of benzene rings is 1. The van der Waals surface area contributed by atoms with E-state index < -0.39 is 11.5 Å². The fraction of sp³-hybridized carbons (Fsp3) is 0.150. The maximum absolute atomic E-state index is 12.4. The summed E-state index contributed by atoms with van der Waals surface area (Å²) < 4.78 is 0. The number of nitrogens with one attached hydrogen (secondary N) is 2. The number of aromatic nitrogens is 2. The van der Waals surface area contributed by atoms with Gasteiger partial charge in [-0.25, -0.2) is 0 Å². The number of H-pyrrole nitrogens is 1. The van der Waals surface area contributed by atoms with Gasteiger partial charge in [-0.3, -0.25) is 14.6 Å². The lowest BCUT2D eigenvalue weighted by Crippen LogP contribution is -2.31. The van der Waals surface area contributed by atoms with Crippen molar-refractivity contribution in [2.45, 2.75) is 19.9 Å². The Labute approximate surface area is 145 Å². The normalized spacial score (nSPS) is 11.8. The van der Waals surface area contributed by atoms with Gasteiger partial charge in [0.2, 0.25) is 0 Å². The molecular formula is C20H19N3O2. The smallest absolute Gasteiger partial charge is 0.261 e. The maximum atomic E-state index is 12.4. The first-order chi connectivity index (χ1) is 12.0. The summed E-state index contributed by atoms with van der Waals surface area (Å²) in [5.74, 6) is -0.421. The summed E-state index contributed by atoms with van der Waals surface area (Å²) in [6.07, 6.45) is 1.67. The van der Waals surface area contributed by atoms with Crippen molar-refractivity contribution in [2.24, 2.45) is 0 Å². The molecule has 2 aromatic heterocycles. The first kappa shape index (κ1) is 16.6. The second-order valence-corrected chi connectivity index (χ2v) is 5.93. The molecule has 0 aliphatic carbocycles. The van der Waals surface area contributed by atoms with Crippen molar-refractivity contribution in [3.05, 3.63) is 88.0 Å². The highest BCUT2D eigenvalue weighted by molar-refractivity contribution is 5.94. The molecule has 0 fully saturated rings. The number of hydrogen-bond acceptors (Lipinski definition) is 3. The molecule has 3 aromatic rings. The van der Waals surface area contributed by atoms with Crippen LogP contribution in [-0.4, -0.2) is 15.9 Å². The molecule has 2 heterocycles. The number of nitrogens with zero attached hydrogens (tertiary/aromatic N) is 1. The molecule has 2 N–H and O–H groups in total. The van der Waals surface area contributed by atoms with Crippen LogP contribution in [0.3, 0.4) is 0 Å². The predicted molar refractivity (Wildman–Crippen MR) is 97.4 cm³/mol. The van der Waals surface area contributed by atoms with Crippen LogP contribution in [0, 0.1) is 6.92 Å². The Hall–Kier alpha value is -3.21. The Morgan fingerprint density at radius 3 is 2.64 bits per heavy atom. The summed E-state index contributed by atoms with van der Waals surface area (Å²) in [5.41, 5.74) is 3.10. The number of pyridine rings is 2. The van der Waals surface area contributed by atoms with Crippen LogP contribution >= 0.6 is 0 Å². The fourth-order valence-electron chi connectivity index (χ4n) is 2.61. The van der Waals surface area contributed by atoms with Crippen LogP contribution in [0.1, 0.15) is 34.6 Å². The van der Waals surface area contributed by atoms with Crippen LogP contribution in [0.2, 0.25) is 0 Å². The molecule has 5 nitrogen and oxygen atoms in total. The Balaban J connectivity index is 1.81. The molecule has 0 bridgehead atoms. The van der Waals surface area contributed by atoms with Crippen LogP contribution in [0.5, 0.6) is 0 Å². The van der Waals surface area contributed by atoms with Crippen LogP contribution in [0.4, 0.5) is 0 Å². The van der Waals surface area contributed by atoms with Crippen molar-refractivity contribution in [3.8, 4) is 11.3 Å². The molecule has 0 radical (unpaired) electrons. The third kappa shape index (κ3) is 3.83. The lowest BCUT2D eigenvalue weighted by atomic mass is 10.1. The van der Waals surface area contributed by atoms with Gasteiger partial charge in [-0.1, -0.05) is 29.8 Å². The Bertz CT molecular complexity index is 948. The highest BCUT2D eigenvalue weighted by Crippen LogP contribution is 2.17. The SMILES string of the molecule is Cc1cccc(-c2ccc(C(=O)N[C@@H](C)c3ccccn3)c(=O)[nH]2)c1. The number of aryl methyl sites for hydroxylation is 1. The average molecular weight is 333 g/mol. The zero-order valence-corrected chi connectivity index (χ0v) is 14.1. The summed E-state index contributed by atoms with van der Waals surface area (Å²) in [6, 6.07) is 16.3. The summed E-state index contributed by atoms with van der Waals surface area (Å²) in [5, 5.41) is 2.80. The minimum atomic E-state index is -0.421. The Morgan fingerprint density at radius 1 is 1.12 bits per heavy atom. The Kier molecular flexibility index (Phi) is 4.75. The van der Waals surface area contributed by atoms with E-state index in [9.17, 15) is 9.59 Å². The van der Waals surface area contributed by atoms with Crippen LogP contribution in [-0.2, 0) is 0 Å². The molecule has 25 heavy (non-hydrogen) atoms. The van der Waals surface area contributed by atoms with Gasteiger partial charge in [0.25, 0.3) is 11.5 Å². The predicted octanol–water partition coefficient (Wildman–Crippen LogP) is 3.24. The topological polar surface area (TPSA) is 74.8 Å². The molecule has 5 heteroatoms. The minimum absolute atomic E-state index is 0.0826. The van der Waals surface area contributed by atoms with Gasteiger partial charge in [-0.15, -0.1) is 0 Å². The van der Waals surface area contributed by atoms with Crippen molar-refractivity contribution in [1.29, 1.82) is 0 Å². The van der Waals surface area contributed by atoms with E-state index in [-0.39, 0.29) is 11.6 Å². The maximum Gasteiger partial charge on any atom is 0.261 e. The standard InChI is InChI=1S/C20H19N3O2/c1-13-6-5-7-15(12-13)18-10-9-16(20(25)23-18)19(24)22-14(2)17-8-3-4-11-21-17/h3-12,14H,1-2H3,(H,22,24)(H,23,25)/t14-/m0/s1. The first-order valence-corrected chi connectivity index (χ1v) is 8.07. The number of carbonyl (C=O) groups excluding carboxylic acids is 1. The van der Waals surface area contributed by atoms with Crippen molar-refractivity contribution in [3.63, 3.8) is 0 Å². The second-order valence-electron chi connectivity index (χ2n) is 5.93. The first-order valence-electron chi connectivity index (χ1n) is 8.07. The second kappa shape index (κ2) is 7.13. The van der Waals surface area contributed by atoms with Gasteiger partial charge in [0, 0.05) is 11.9 Å². The number of carbonyl (C=O) groups is 1. The van der Waals surface area contributed by atoms with E-state index >= 15 is 0 Å². The third-order valence-electron chi connectivity index (χ3n) is 3.96. The van der Waals surface area contributed by atoms with E-state index in [1.54, 1.807) is 18.3 Å². The number of aromatic amines is 1. The molecule has 3 rings (SSSR count). The van der Waals surface area contributed by atoms with Crippen molar-refractivity contribution < 1.29 is 4.79 Å². The molecule has 0 saturated heterocycles. The van der Waals surface area contributed by atoms with Crippen LogP contribution in [0.15, 0.2) is 65.6 Å². The molecule has 0 saturated carbocycles. The largest absolute Gasteiger partial charge is 0.344 e. The van der Waals surface area contributed by atoms with Crippen molar-refractivity contribution >= 4 is 5.91 Å². The van der Waals surface area contributed by atoms with Gasteiger partial charge >= 0.3 is 0 Å². The summed E-state index contributed by atoms with van der Waals surface area (Å²) in [4.78, 5) is 31.7. The zero-order chi connectivity index (χ0) is 17.8. The molecule has 1 aromatic carbocycles. The summed E-state index contributed by atoms with van der Waals surface area (Å²) >= 11 is 0. The van der Waals surface area contributed by atoms with E-state index in [0.717, 1.165) is 16.8 Å². The molecule has 0 aliphatic rings. The molecule has 0 unspecified atom stereocenters. The van der Waals surface area contributed by atoms with E-state index in [1.807, 2.05) is 56.3 Å². The number of amides is 1.